The molecule has 36 heavy (non-hydrogen) atoms. The van der Waals surface area contributed by atoms with Gasteiger partial charge in [-0.25, -0.2) is 9.67 Å². The molecule has 3 aromatic rings. The molecule has 4 rings (SSSR count). The molecule has 0 saturated carbocycles. The predicted molar refractivity (Wildman–Crippen MR) is 130 cm³/mol. The highest BCUT2D eigenvalue weighted by Gasteiger charge is 2.46. The lowest BCUT2D eigenvalue weighted by Gasteiger charge is -2.18. The van der Waals surface area contributed by atoms with Crippen molar-refractivity contribution in [3.05, 3.63) is 53.3 Å². The molecule has 1 aromatic carbocycles. The summed E-state index contributed by atoms with van der Waals surface area (Å²) in [4.78, 5) is 31.8. The third-order valence-corrected chi connectivity index (χ3v) is 9.24. The molecule has 196 valence electrons. The SMILES string of the molecule is CC(Nc1cc(Cl)nc2c1cnn2[C@@H]1O[C@H](COP(=O)(O)CP(=O)(O)O)[C@@H](O)[C@H]1O)c1ccccc1. The Balaban J connectivity index is 1.55. The molecule has 1 aliphatic rings. The van der Waals surface area contributed by atoms with Crippen molar-refractivity contribution in [2.24, 2.45) is 0 Å². The summed E-state index contributed by atoms with van der Waals surface area (Å²) in [7, 11) is -9.51. The monoisotopic (exact) mass is 562 g/mol. The number of anilines is 1. The average Bonchev–Trinajstić information content (AvgIpc) is 3.32. The van der Waals surface area contributed by atoms with Gasteiger partial charge in [-0.3, -0.25) is 9.13 Å². The van der Waals surface area contributed by atoms with Crippen LogP contribution in [0.4, 0.5) is 5.69 Å². The number of nitrogens with zero attached hydrogens (tertiary/aromatic N) is 3. The lowest BCUT2D eigenvalue weighted by Crippen LogP contribution is -2.33. The standard InChI is InChI=1S/C20H25ClN4O9P2/c1-11(12-5-3-2-4-6-12)23-14-7-16(21)24-19-13(14)8-22-25(19)20-18(27)17(26)15(34-20)9-33-36(31,32)10-35(28,29)30/h2-8,11,15,17-18,20,26-27H,9-10H2,1H3,(H,23,24)(H,31,32)(H2,28,29,30)/t11?,15-,17-,18-,20-/m1/s1. The number of aliphatic hydroxyl groups is 2. The Morgan fingerprint density at radius 3 is 2.56 bits per heavy atom. The number of aromatic nitrogens is 3. The minimum atomic E-state index is -4.83. The van der Waals surface area contributed by atoms with Gasteiger partial charge in [0.2, 0.25) is 0 Å². The molecule has 2 unspecified atom stereocenters. The highest BCUT2D eigenvalue weighted by atomic mass is 35.5. The molecule has 16 heteroatoms. The largest absolute Gasteiger partial charge is 0.387 e. The van der Waals surface area contributed by atoms with Crippen LogP contribution in [0.25, 0.3) is 11.0 Å². The predicted octanol–water partition coefficient (Wildman–Crippen LogP) is 2.21. The first-order valence-electron chi connectivity index (χ1n) is 10.7. The van der Waals surface area contributed by atoms with E-state index in [1.54, 1.807) is 6.07 Å². The minimum absolute atomic E-state index is 0.0878. The van der Waals surface area contributed by atoms with E-state index in [4.69, 9.17) is 30.6 Å². The van der Waals surface area contributed by atoms with E-state index in [1.807, 2.05) is 37.3 Å². The van der Waals surface area contributed by atoms with E-state index >= 15 is 0 Å². The van der Waals surface area contributed by atoms with Crippen molar-refractivity contribution in [2.45, 2.75) is 37.5 Å². The van der Waals surface area contributed by atoms with Crippen LogP contribution in [0, 0.1) is 0 Å². The molecule has 6 N–H and O–H groups in total. The Morgan fingerprint density at radius 2 is 1.89 bits per heavy atom. The highest BCUT2D eigenvalue weighted by Crippen LogP contribution is 2.55. The van der Waals surface area contributed by atoms with E-state index in [-0.39, 0.29) is 16.8 Å². The van der Waals surface area contributed by atoms with Crippen LogP contribution in [-0.2, 0) is 18.4 Å². The Kier molecular flexibility index (Phi) is 7.89. The Hall–Kier alpha value is -1.89. The summed E-state index contributed by atoms with van der Waals surface area (Å²) in [6.07, 6.45) is -4.14. The van der Waals surface area contributed by atoms with Crippen LogP contribution in [0.1, 0.15) is 24.8 Å². The second-order valence-corrected chi connectivity index (χ2v) is 12.8. The summed E-state index contributed by atoms with van der Waals surface area (Å²) in [5.41, 5.74) is 1.91. The summed E-state index contributed by atoms with van der Waals surface area (Å²) in [6.45, 7) is 1.26. The van der Waals surface area contributed by atoms with Gasteiger partial charge in [0.25, 0.3) is 0 Å². The van der Waals surface area contributed by atoms with Crippen molar-refractivity contribution in [3.63, 3.8) is 0 Å². The molecule has 13 nitrogen and oxygen atoms in total. The summed E-state index contributed by atoms with van der Waals surface area (Å²) in [6, 6.07) is 11.2. The van der Waals surface area contributed by atoms with Gasteiger partial charge in [0.15, 0.2) is 17.8 Å². The number of ether oxygens (including phenoxy) is 1. The molecular formula is C20H25ClN4O9P2. The number of hydrogen-bond acceptors (Lipinski definition) is 9. The number of fused-ring (bicyclic) bond motifs is 1. The topological polar surface area (TPSA) is 196 Å². The number of pyridine rings is 1. The lowest BCUT2D eigenvalue weighted by molar-refractivity contribution is -0.0541. The quantitative estimate of drug-likeness (QED) is 0.164. The number of aliphatic hydroxyl groups excluding tert-OH is 2. The van der Waals surface area contributed by atoms with Crippen molar-refractivity contribution < 1.29 is 43.3 Å². The van der Waals surface area contributed by atoms with Crippen molar-refractivity contribution in [2.75, 3.05) is 17.8 Å². The first-order valence-corrected chi connectivity index (χ1v) is 14.7. The molecule has 0 aliphatic carbocycles. The van der Waals surface area contributed by atoms with Crippen LogP contribution in [0.15, 0.2) is 42.6 Å². The van der Waals surface area contributed by atoms with Crippen LogP contribution in [-0.4, -0.2) is 70.5 Å². The molecule has 0 spiro atoms. The van der Waals surface area contributed by atoms with Gasteiger partial charge in [0, 0.05) is 6.04 Å². The fourth-order valence-electron chi connectivity index (χ4n) is 3.88. The molecule has 1 saturated heterocycles. The molecule has 1 aliphatic heterocycles. The van der Waals surface area contributed by atoms with Crippen LogP contribution in [0.2, 0.25) is 5.15 Å². The van der Waals surface area contributed by atoms with Gasteiger partial charge in [0.05, 0.1) is 23.9 Å². The number of rotatable bonds is 9. The third-order valence-electron chi connectivity index (χ3n) is 5.59. The molecular weight excluding hydrogens is 538 g/mol. The van der Waals surface area contributed by atoms with Gasteiger partial charge < -0.3 is 39.5 Å². The van der Waals surface area contributed by atoms with E-state index in [0.29, 0.717) is 11.1 Å². The fraction of sp³-hybridized carbons (Fsp3) is 0.400. The second-order valence-electron chi connectivity index (χ2n) is 8.38. The van der Waals surface area contributed by atoms with E-state index < -0.39 is 52.2 Å². The Bertz CT molecular complexity index is 1320. The van der Waals surface area contributed by atoms with Gasteiger partial charge >= 0.3 is 15.2 Å². The maximum Gasteiger partial charge on any atom is 0.340 e. The van der Waals surface area contributed by atoms with E-state index in [1.165, 1.54) is 10.9 Å². The Labute approximate surface area is 210 Å². The van der Waals surface area contributed by atoms with Gasteiger partial charge in [-0.1, -0.05) is 41.9 Å². The van der Waals surface area contributed by atoms with Gasteiger partial charge in [-0.05, 0) is 18.6 Å². The normalized spacial score (nSPS) is 25.1. The number of nitrogens with one attached hydrogen (secondary N) is 1. The lowest BCUT2D eigenvalue weighted by atomic mass is 10.1. The van der Waals surface area contributed by atoms with Crippen molar-refractivity contribution in [1.29, 1.82) is 0 Å². The van der Waals surface area contributed by atoms with Gasteiger partial charge in [-0.2, -0.15) is 5.10 Å². The number of halogens is 1. The summed E-state index contributed by atoms with van der Waals surface area (Å²) in [5, 5.41) is 29.3. The second kappa shape index (κ2) is 10.5. The van der Waals surface area contributed by atoms with Crippen molar-refractivity contribution >= 4 is 43.5 Å². The summed E-state index contributed by atoms with van der Waals surface area (Å²) in [5.74, 6) is -1.39. The Morgan fingerprint density at radius 1 is 1.19 bits per heavy atom. The third kappa shape index (κ3) is 6.15. The molecule has 0 bridgehead atoms. The zero-order valence-corrected chi connectivity index (χ0v) is 21.4. The smallest absolute Gasteiger partial charge is 0.340 e. The molecule has 3 heterocycles. The number of benzene rings is 1. The number of hydrogen-bond donors (Lipinski definition) is 6. The summed E-state index contributed by atoms with van der Waals surface area (Å²) < 4.78 is 34.5. The minimum Gasteiger partial charge on any atom is -0.387 e. The van der Waals surface area contributed by atoms with E-state index in [0.717, 1.165) is 5.56 Å². The van der Waals surface area contributed by atoms with Gasteiger partial charge in [-0.15, -0.1) is 0 Å². The zero-order valence-electron chi connectivity index (χ0n) is 18.8. The van der Waals surface area contributed by atoms with Crippen LogP contribution in [0.5, 0.6) is 0 Å². The molecule has 6 atom stereocenters. The van der Waals surface area contributed by atoms with Gasteiger partial charge in [0.1, 0.15) is 23.5 Å². The van der Waals surface area contributed by atoms with Crippen LogP contribution >= 0.6 is 26.8 Å². The average molecular weight is 563 g/mol. The zero-order chi connectivity index (χ0) is 26.3. The summed E-state index contributed by atoms with van der Waals surface area (Å²) >= 11 is 6.25. The molecule has 1 fully saturated rings. The first kappa shape index (κ1) is 27.2. The highest BCUT2D eigenvalue weighted by molar-refractivity contribution is 7.70. The van der Waals surface area contributed by atoms with Crippen LogP contribution < -0.4 is 5.32 Å². The first-order chi connectivity index (χ1) is 16.8. The fourth-order valence-corrected chi connectivity index (χ4v) is 6.64. The van der Waals surface area contributed by atoms with E-state index in [2.05, 4.69) is 15.4 Å². The maximum atomic E-state index is 11.9. The van der Waals surface area contributed by atoms with Crippen molar-refractivity contribution in [3.8, 4) is 0 Å². The molecule has 0 radical (unpaired) electrons. The van der Waals surface area contributed by atoms with Crippen molar-refractivity contribution in [1.82, 2.24) is 14.8 Å². The molecule has 2 aromatic heterocycles. The maximum absolute atomic E-state index is 11.9. The molecule has 0 amide bonds. The van der Waals surface area contributed by atoms with Crippen LogP contribution in [0.3, 0.4) is 0 Å². The van der Waals surface area contributed by atoms with E-state index in [9.17, 15) is 24.2 Å².